The number of hydrogen-bond acceptors (Lipinski definition) is 3. The van der Waals surface area contributed by atoms with Crippen LogP contribution in [0.5, 0.6) is 0 Å². The van der Waals surface area contributed by atoms with E-state index in [0.717, 1.165) is 30.0 Å². The monoisotopic (exact) mass is 327 g/mol. The summed E-state index contributed by atoms with van der Waals surface area (Å²) in [7, 11) is 0. The summed E-state index contributed by atoms with van der Waals surface area (Å²) in [6.45, 7) is 0. The van der Waals surface area contributed by atoms with Crippen LogP contribution in [0.3, 0.4) is 0 Å². The van der Waals surface area contributed by atoms with E-state index in [0.29, 0.717) is 16.1 Å². The number of anilines is 1. The number of amides is 1. The summed E-state index contributed by atoms with van der Waals surface area (Å²) in [4.78, 5) is 11.9. The predicted octanol–water partition coefficient (Wildman–Crippen LogP) is 3.75. The number of rotatable bonds is 2. The molecule has 0 radical (unpaired) electrons. The van der Waals surface area contributed by atoms with E-state index in [9.17, 15) is 18.7 Å². The third-order valence-corrected chi connectivity index (χ3v) is 4.53. The molecule has 0 saturated carbocycles. The van der Waals surface area contributed by atoms with Gasteiger partial charge >= 0.3 is 0 Å². The molecule has 0 spiro atoms. The summed E-state index contributed by atoms with van der Waals surface area (Å²) >= 11 is 7.02. The van der Waals surface area contributed by atoms with E-state index in [-0.39, 0.29) is 9.92 Å². The Morgan fingerprint density at radius 2 is 1.95 bits per heavy atom. The molecule has 21 heavy (non-hydrogen) atoms. The Morgan fingerprint density at radius 1 is 1.19 bits per heavy atom. The van der Waals surface area contributed by atoms with Crippen molar-refractivity contribution in [1.29, 1.82) is 0 Å². The Bertz CT molecular complexity index is 754. The maximum absolute atomic E-state index is 13.6. The first-order valence-corrected chi connectivity index (χ1v) is 7.10. The van der Waals surface area contributed by atoms with Crippen molar-refractivity contribution in [2.45, 2.75) is 15.9 Å². The molecule has 2 aromatic carbocycles. The Kier molecular flexibility index (Phi) is 3.61. The molecule has 1 amide bonds. The van der Waals surface area contributed by atoms with Gasteiger partial charge in [0, 0.05) is 16.1 Å². The van der Waals surface area contributed by atoms with Gasteiger partial charge in [-0.05, 0) is 30.3 Å². The summed E-state index contributed by atoms with van der Waals surface area (Å²) in [5, 5.41) is 12.4. The number of carbonyl (C=O) groups excluding carboxylic acids is 1. The number of fused-ring (bicyclic) bond motifs is 1. The summed E-state index contributed by atoms with van der Waals surface area (Å²) in [5.41, 5.74) is 0.783. The molecule has 0 bridgehead atoms. The van der Waals surface area contributed by atoms with Crippen molar-refractivity contribution in [1.82, 2.24) is 0 Å². The molecule has 1 aliphatic rings. The SMILES string of the molecule is O=C1Nc2cc(Sc3cc(F)ccc3F)c(Cl)cc2C1O. The van der Waals surface area contributed by atoms with Crippen LogP contribution in [0.4, 0.5) is 14.5 Å². The standard InChI is InChI=1S/C14H8ClF2NO2S/c15-8-4-7-10(18-14(20)13(7)19)5-11(8)21-12-3-6(16)1-2-9(12)17/h1-5,13,19H,(H,18,20). The number of carbonyl (C=O) groups is 1. The smallest absolute Gasteiger partial charge is 0.257 e. The van der Waals surface area contributed by atoms with Crippen LogP contribution in [0.2, 0.25) is 5.02 Å². The fourth-order valence-electron chi connectivity index (χ4n) is 2.00. The lowest BCUT2D eigenvalue weighted by Crippen LogP contribution is -2.10. The first kappa shape index (κ1) is 14.3. The number of aliphatic hydroxyl groups excluding tert-OH is 1. The molecule has 7 heteroatoms. The van der Waals surface area contributed by atoms with Gasteiger partial charge in [0.15, 0.2) is 6.10 Å². The van der Waals surface area contributed by atoms with Gasteiger partial charge in [-0.25, -0.2) is 8.78 Å². The highest BCUT2D eigenvalue weighted by Gasteiger charge is 2.29. The zero-order chi connectivity index (χ0) is 15.1. The molecule has 0 fully saturated rings. The van der Waals surface area contributed by atoms with E-state index in [1.54, 1.807) is 0 Å². The van der Waals surface area contributed by atoms with Crippen LogP contribution >= 0.6 is 23.4 Å². The van der Waals surface area contributed by atoms with Crippen LogP contribution in [0.25, 0.3) is 0 Å². The Balaban J connectivity index is 1.99. The van der Waals surface area contributed by atoms with Crippen molar-refractivity contribution in [3.8, 4) is 0 Å². The average Bonchev–Trinajstić information content (AvgIpc) is 2.70. The predicted molar refractivity (Wildman–Crippen MR) is 75.5 cm³/mol. The van der Waals surface area contributed by atoms with E-state index in [1.165, 1.54) is 12.1 Å². The first-order chi connectivity index (χ1) is 9.95. The Morgan fingerprint density at radius 3 is 2.71 bits per heavy atom. The van der Waals surface area contributed by atoms with Gasteiger partial charge in [-0.2, -0.15) is 0 Å². The van der Waals surface area contributed by atoms with Crippen LogP contribution in [0, 0.1) is 11.6 Å². The molecule has 108 valence electrons. The van der Waals surface area contributed by atoms with Gasteiger partial charge < -0.3 is 10.4 Å². The number of benzene rings is 2. The van der Waals surface area contributed by atoms with Crippen LogP contribution in [0.1, 0.15) is 11.7 Å². The molecule has 1 unspecified atom stereocenters. The van der Waals surface area contributed by atoms with Crippen molar-refractivity contribution in [2.24, 2.45) is 0 Å². The highest BCUT2D eigenvalue weighted by molar-refractivity contribution is 7.99. The highest BCUT2D eigenvalue weighted by atomic mass is 35.5. The maximum atomic E-state index is 13.6. The second kappa shape index (κ2) is 5.29. The fourth-order valence-corrected chi connectivity index (χ4v) is 3.19. The van der Waals surface area contributed by atoms with Crippen molar-refractivity contribution >= 4 is 35.0 Å². The Labute approximate surface area is 127 Å². The fraction of sp³-hybridized carbons (Fsp3) is 0.0714. The van der Waals surface area contributed by atoms with Crippen molar-refractivity contribution < 1.29 is 18.7 Å². The van der Waals surface area contributed by atoms with Crippen molar-refractivity contribution in [2.75, 3.05) is 5.32 Å². The van der Waals surface area contributed by atoms with Gasteiger partial charge in [-0.3, -0.25) is 4.79 Å². The Hall–Kier alpha value is -1.63. The lowest BCUT2D eigenvalue weighted by Gasteiger charge is -2.08. The summed E-state index contributed by atoms with van der Waals surface area (Å²) < 4.78 is 26.8. The van der Waals surface area contributed by atoms with Crippen LogP contribution in [-0.4, -0.2) is 11.0 Å². The second-order valence-electron chi connectivity index (χ2n) is 4.44. The molecule has 2 aromatic rings. The number of halogens is 3. The first-order valence-electron chi connectivity index (χ1n) is 5.91. The van der Waals surface area contributed by atoms with Crippen molar-refractivity contribution in [3.63, 3.8) is 0 Å². The molecular formula is C14H8ClF2NO2S. The number of nitrogens with one attached hydrogen (secondary N) is 1. The lowest BCUT2D eigenvalue weighted by molar-refractivity contribution is -0.123. The molecule has 3 rings (SSSR count). The summed E-state index contributed by atoms with van der Waals surface area (Å²) in [5.74, 6) is -1.66. The molecule has 0 aliphatic carbocycles. The van der Waals surface area contributed by atoms with Crippen LogP contribution in [-0.2, 0) is 4.79 Å². The average molecular weight is 328 g/mol. The van der Waals surface area contributed by atoms with Crippen LogP contribution < -0.4 is 5.32 Å². The maximum Gasteiger partial charge on any atom is 0.257 e. The largest absolute Gasteiger partial charge is 0.378 e. The van der Waals surface area contributed by atoms with E-state index in [4.69, 9.17) is 11.6 Å². The quantitative estimate of drug-likeness (QED) is 0.883. The zero-order valence-electron chi connectivity index (χ0n) is 10.4. The van der Waals surface area contributed by atoms with Gasteiger partial charge in [0.05, 0.1) is 9.92 Å². The normalized spacial score (nSPS) is 16.8. The third-order valence-electron chi connectivity index (χ3n) is 3.02. The van der Waals surface area contributed by atoms with Gasteiger partial charge in [0.1, 0.15) is 11.6 Å². The van der Waals surface area contributed by atoms with Crippen LogP contribution in [0.15, 0.2) is 40.1 Å². The second-order valence-corrected chi connectivity index (χ2v) is 5.93. The summed E-state index contributed by atoms with van der Waals surface area (Å²) in [6, 6.07) is 6.10. The minimum atomic E-state index is -1.26. The lowest BCUT2D eigenvalue weighted by atomic mass is 10.1. The molecule has 1 atom stereocenters. The minimum absolute atomic E-state index is 0.0849. The molecule has 1 aliphatic heterocycles. The molecule has 2 N–H and O–H groups in total. The number of aliphatic hydroxyl groups is 1. The molecule has 1 heterocycles. The van der Waals surface area contributed by atoms with Gasteiger partial charge in [-0.15, -0.1) is 0 Å². The minimum Gasteiger partial charge on any atom is -0.378 e. The molecule has 0 saturated heterocycles. The summed E-state index contributed by atoms with van der Waals surface area (Å²) in [6.07, 6.45) is -1.26. The van der Waals surface area contributed by atoms with Gasteiger partial charge in [0.2, 0.25) is 0 Å². The topological polar surface area (TPSA) is 49.3 Å². The van der Waals surface area contributed by atoms with Gasteiger partial charge in [0.25, 0.3) is 5.91 Å². The van der Waals surface area contributed by atoms with Gasteiger partial charge in [-0.1, -0.05) is 23.4 Å². The number of hydrogen-bond donors (Lipinski definition) is 2. The zero-order valence-corrected chi connectivity index (χ0v) is 11.9. The molecule has 0 aromatic heterocycles. The molecule has 3 nitrogen and oxygen atoms in total. The van der Waals surface area contributed by atoms with E-state index < -0.39 is 23.6 Å². The van der Waals surface area contributed by atoms with E-state index >= 15 is 0 Å². The van der Waals surface area contributed by atoms with Crippen molar-refractivity contribution in [3.05, 3.63) is 52.6 Å². The van der Waals surface area contributed by atoms with E-state index in [1.807, 2.05) is 0 Å². The van der Waals surface area contributed by atoms with E-state index in [2.05, 4.69) is 5.32 Å². The third kappa shape index (κ3) is 2.62. The highest BCUT2D eigenvalue weighted by Crippen LogP contribution is 2.41. The molecular weight excluding hydrogens is 320 g/mol.